The Kier molecular flexibility index (Phi) is 3.49. The Balaban J connectivity index is 1.84. The molecular weight excluding hydrogens is 250 g/mol. The molecular formula is C16H21N3O. The van der Waals surface area contributed by atoms with Crippen molar-refractivity contribution < 1.29 is 4.79 Å². The normalized spacial score (nSPS) is 20.5. The van der Waals surface area contributed by atoms with Crippen LogP contribution in [-0.2, 0) is 0 Å². The van der Waals surface area contributed by atoms with Gasteiger partial charge in [-0.2, -0.15) is 0 Å². The Morgan fingerprint density at radius 1 is 1.35 bits per heavy atom. The number of rotatable bonds is 2. The van der Waals surface area contributed by atoms with Crippen LogP contribution in [0.4, 0.5) is 0 Å². The standard InChI is InChI=1S/C16H21N3O/c1-3-18-9-10-19(11-12(18)2)16(20)14-5-4-6-15-13(14)7-8-17-15/h4-8,12,17H,3,9-11H2,1-2H3. The molecule has 1 aromatic heterocycles. The first-order chi connectivity index (χ1) is 9.70. The first kappa shape index (κ1) is 13.2. The van der Waals surface area contributed by atoms with Gasteiger partial charge in [-0.15, -0.1) is 0 Å². The van der Waals surface area contributed by atoms with Crippen LogP contribution < -0.4 is 0 Å². The summed E-state index contributed by atoms with van der Waals surface area (Å²) in [7, 11) is 0. The third-order valence-electron chi connectivity index (χ3n) is 4.28. The Morgan fingerprint density at radius 2 is 2.20 bits per heavy atom. The van der Waals surface area contributed by atoms with E-state index < -0.39 is 0 Å². The zero-order valence-corrected chi connectivity index (χ0v) is 12.1. The highest BCUT2D eigenvalue weighted by Crippen LogP contribution is 2.20. The zero-order valence-electron chi connectivity index (χ0n) is 12.1. The lowest BCUT2D eigenvalue weighted by Crippen LogP contribution is -2.53. The molecule has 1 amide bonds. The molecule has 0 bridgehead atoms. The van der Waals surface area contributed by atoms with Gasteiger partial charge in [0.15, 0.2) is 0 Å². The molecule has 4 nitrogen and oxygen atoms in total. The molecule has 1 atom stereocenters. The molecule has 1 N–H and O–H groups in total. The van der Waals surface area contributed by atoms with Crippen LogP contribution in [0.15, 0.2) is 30.5 Å². The maximum atomic E-state index is 12.7. The molecule has 0 saturated carbocycles. The van der Waals surface area contributed by atoms with Crippen LogP contribution >= 0.6 is 0 Å². The van der Waals surface area contributed by atoms with Crippen molar-refractivity contribution in [1.82, 2.24) is 14.8 Å². The summed E-state index contributed by atoms with van der Waals surface area (Å²) in [6.45, 7) is 8.02. The number of aromatic nitrogens is 1. The summed E-state index contributed by atoms with van der Waals surface area (Å²) in [4.78, 5) is 20.3. The van der Waals surface area contributed by atoms with E-state index in [2.05, 4.69) is 23.7 Å². The number of benzene rings is 1. The predicted molar refractivity (Wildman–Crippen MR) is 80.9 cm³/mol. The van der Waals surface area contributed by atoms with Crippen LogP contribution in [0.1, 0.15) is 24.2 Å². The van der Waals surface area contributed by atoms with Gasteiger partial charge >= 0.3 is 0 Å². The van der Waals surface area contributed by atoms with E-state index in [0.29, 0.717) is 6.04 Å². The SMILES string of the molecule is CCN1CCN(C(=O)c2cccc3[nH]ccc23)CC1C. The average Bonchev–Trinajstić information content (AvgIpc) is 2.94. The molecule has 106 valence electrons. The summed E-state index contributed by atoms with van der Waals surface area (Å²) in [5, 5.41) is 1.02. The lowest BCUT2D eigenvalue weighted by atomic mass is 10.1. The van der Waals surface area contributed by atoms with Crippen LogP contribution in [-0.4, -0.2) is 52.9 Å². The zero-order chi connectivity index (χ0) is 14.1. The molecule has 0 spiro atoms. The summed E-state index contributed by atoms with van der Waals surface area (Å²) in [6, 6.07) is 8.29. The highest BCUT2D eigenvalue weighted by Gasteiger charge is 2.27. The molecule has 1 aliphatic heterocycles. The Morgan fingerprint density at radius 3 is 2.95 bits per heavy atom. The first-order valence-electron chi connectivity index (χ1n) is 7.30. The van der Waals surface area contributed by atoms with E-state index in [1.165, 1.54) is 0 Å². The van der Waals surface area contributed by atoms with Crippen molar-refractivity contribution in [2.45, 2.75) is 19.9 Å². The van der Waals surface area contributed by atoms with Gasteiger partial charge in [0.05, 0.1) is 0 Å². The average molecular weight is 271 g/mol. The monoisotopic (exact) mass is 271 g/mol. The van der Waals surface area contributed by atoms with Crippen molar-refractivity contribution in [3.63, 3.8) is 0 Å². The number of hydrogen-bond donors (Lipinski definition) is 1. The molecule has 1 aromatic carbocycles. The Bertz CT molecular complexity index is 619. The molecule has 2 aromatic rings. The number of carbonyl (C=O) groups is 1. The molecule has 1 unspecified atom stereocenters. The fraction of sp³-hybridized carbons (Fsp3) is 0.438. The van der Waals surface area contributed by atoms with Gasteiger partial charge in [-0.1, -0.05) is 13.0 Å². The van der Waals surface area contributed by atoms with Crippen molar-refractivity contribution in [1.29, 1.82) is 0 Å². The molecule has 3 rings (SSSR count). The Labute approximate surface area is 119 Å². The second kappa shape index (κ2) is 5.29. The summed E-state index contributed by atoms with van der Waals surface area (Å²) in [5.41, 5.74) is 1.83. The van der Waals surface area contributed by atoms with Gasteiger partial charge in [0.2, 0.25) is 0 Å². The second-order valence-electron chi connectivity index (χ2n) is 5.47. The summed E-state index contributed by atoms with van der Waals surface area (Å²) >= 11 is 0. The fourth-order valence-corrected chi connectivity index (χ4v) is 3.09. The predicted octanol–water partition coefficient (Wildman–Crippen LogP) is 2.33. The molecule has 0 aliphatic carbocycles. The molecule has 1 fully saturated rings. The quantitative estimate of drug-likeness (QED) is 0.910. The maximum Gasteiger partial charge on any atom is 0.254 e. The largest absolute Gasteiger partial charge is 0.361 e. The van der Waals surface area contributed by atoms with Gasteiger partial charge in [-0.05, 0) is 31.7 Å². The van der Waals surface area contributed by atoms with Crippen molar-refractivity contribution in [3.05, 3.63) is 36.0 Å². The first-order valence-corrected chi connectivity index (χ1v) is 7.30. The highest BCUT2D eigenvalue weighted by molar-refractivity contribution is 6.06. The van der Waals surface area contributed by atoms with Crippen LogP contribution in [0.25, 0.3) is 10.9 Å². The van der Waals surface area contributed by atoms with E-state index in [9.17, 15) is 4.79 Å². The van der Waals surface area contributed by atoms with Crippen molar-refractivity contribution in [2.24, 2.45) is 0 Å². The lowest BCUT2D eigenvalue weighted by molar-refractivity contribution is 0.0530. The van der Waals surface area contributed by atoms with Gasteiger partial charge in [0.1, 0.15) is 0 Å². The third kappa shape index (κ3) is 2.20. The van der Waals surface area contributed by atoms with E-state index in [1.54, 1.807) is 0 Å². The van der Waals surface area contributed by atoms with E-state index in [4.69, 9.17) is 0 Å². The third-order valence-corrected chi connectivity index (χ3v) is 4.28. The smallest absolute Gasteiger partial charge is 0.254 e. The van der Waals surface area contributed by atoms with Gasteiger partial charge < -0.3 is 9.88 Å². The minimum atomic E-state index is 0.151. The van der Waals surface area contributed by atoms with Crippen LogP contribution in [0.5, 0.6) is 0 Å². The second-order valence-corrected chi connectivity index (χ2v) is 5.47. The minimum absolute atomic E-state index is 0.151. The molecule has 2 heterocycles. The number of fused-ring (bicyclic) bond motifs is 1. The maximum absolute atomic E-state index is 12.7. The molecule has 1 aliphatic rings. The number of H-pyrrole nitrogens is 1. The van der Waals surface area contributed by atoms with Gasteiger partial charge in [-0.3, -0.25) is 9.69 Å². The van der Waals surface area contributed by atoms with Gasteiger partial charge in [0, 0.05) is 48.3 Å². The minimum Gasteiger partial charge on any atom is -0.361 e. The van der Waals surface area contributed by atoms with Crippen molar-refractivity contribution in [2.75, 3.05) is 26.2 Å². The van der Waals surface area contributed by atoms with E-state index >= 15 is 0 Å². The number of amides is 1. The van der Waals surface area contributed by atoms with E-state index in [-0.39, 0.29) is 5.91 Å². The van der Waals surface area contributed by atoms with Gasteiger partial charge in [0.25, 0.3) is 5.91 Å². The lowest BCUT2D eigenvalue weighted by Gasteiger charge is -2.39. The highest BCUT2D eigenvalue weighted by atomic mass is 16.2. The fourth-order valence-electron chi connectivity index (χ4n) is 3.09. The van der Waals surface area contributed by atoms with Crippen molar-refractivity contribution >= 4 is 16.8 Å². The van der Waals surface area contributed by atoms with Gasteiger partial charge in [-0.25, -0.2) is 0 Å². The molecule has 20 heavy (non-hydrogen) atoms. The number of aromatic amines is 1. The Hall–Kier alpha value is -1.81. The van der Waals surface area contributed by atoms with Crippen LogP contribution in [0.2, 0.25) is 0 Å². The van der Waals surface area contributed by atoms with Crippen LogP contribution in [0, 0.1) is 0 Å². The summed E-state index contributed by atoms with van der Waals surface area (Å²) in [6.07, 6.45) is 1.89. The number of piperazine rings is 1. The van der Waals surface area contributed by atoms with E-state index in [1.807, 2.05) is 35.4 Å². The number of nitrogens with one attached hydrogen (secondary N) is 1. The number of carbonyl (C=O) groups excluding carboxylic acids is 1. The van der Waals surface area contributed by atoms with Crippen LogP contribution in [0.3, 0.4) is 0 Å². The number of likely N-dealkylation sites (N-methyl/N-ethyl adjacent to an activating group) is 1. The molecule has 0 radical (unpaired) electrons. The topological polar surface area (TPSA) is 39.3 Å². The number of hydrogen-bond acceptors (Lipinski definition) is 2. The van der Waals surface area contributed by atoms with Crippen molar-refractivity contribution in [3.8, 4) is 0 Å². The molecule has 1 saturated heterocycles. The summed E-state index contributed by atoms with van der Waals surface area (Å²) in [5.74, 6) is 0.151. The van der Waals surface area contributed by atoms with E-state index in [0.717, 1.165) is 42.6 Å². The molecule has 4 heteroatoms. The summed E-state index contributed by atoms with van der Waals surface area (Å²) < 4.78 is 0. The number of nitrogens with zero attached hydrogens (tertiary/aromatic N) is 2.